The Kier molecular flexibility index (Phi) is 16.6. The monoisotopic (exact) mass is 597 g/mol. The second-order valence-electron chi connectivity index (χ2n) is 12.7. The van der Waals surface area contributed by atoms with Crippen LogP contribution in [0.15, 0.2) is 53.1 Å². The molecule has 236 valence electrons. The van der Waals surface area contributed by atoms with Crippen molar-refractivity contribution in [3.63, 3.8) is 0 Å². The van der Waals surface area contributed by atoms with Gasteiger partial charge < -0.3 is 15.7 Å². The van der Waals surface area contributed by atoms with Crippen molar-refractivity contribution < 1.29 is 9.90 Å². The van der Waals surface area contributed by atoms with Gasteiger partial charge in [-0.15, -0.1) is 0 Å². The lowest BCUT2D eigenvalue weighted by Crippen LogP contribution is -2.46. The minimum atomic E-state index is -1.10. The Morgan fingerprint density at radius 2 is 1.50 bits per heavy atom. The lowest BCUT2D eigenvalue weighted by molar-refractivity contribution is -0.122. The van der Waals surface area contributed by atoms with Crippen LogP contribution in [0.25, 0.3) is 6.08 Å². The molecule has 0 aliphatic heterocycles. The number of carbonyl (C=O) groups is 1. The number of allylic oxidation sites excluding steroid dienone is 5. The summed E-state index contributed by atoms with van der Waals surface area (Å²) in [6.07, 6.45) is 20.1. The fourth-order valence-electron chi connectivity index (χ4n) is 5.63. The standard InChI is InChI=1S/C37H51N5O2/c1-4-5-6-7-8-9-10-11-12-13-14-15-35(43)42-34(22-23-38)36(44)41-33-20-18-29(19-21-33)16-17-30-24-31(32(27-39)28-40)26-37(2,3)25-30/h16-21,24,34,36,41,44H,4-15,22,25-26H2,1-3H3,(H,42,43)/b17-16+. The molecule has 0 bridgehead atoms. The first-order valence-electron chi connectivity index (χ1n) is 16.3. The summed E-state index contributed by atoms with van der Waals surface area (Å²) in [5, 5.41) is 44.5. The van der Waals surface area contributed by atoms with Crippen LogP contribution in [0, 0.1) is 39.4 Å². The smallest absolute Gasteiger partial charge is 0.220 e. The molecule has 0 aromatic heterocycles. The van der Waals surface area contributed by atoms with E-state index < -0.39 is 12.3 Å². The maximum absolute atomic E-state index is 12.5. The van der Waals surface area contributed by atoms with E-state index in [4.69, 9.17) is 0 Å². The molecular formula is C37H51N5O2. The van der Waals surface area contributed by atoms with Crippen LogP contribution in [0.5, 0.6) is 0 Å². The Bertz CT molecular complexity index is 1240. The molecule has 7 nitrogen and oxygen atoms in total. The lowest BCUT2D eigenvalue weighted by atomic mass is 9.74. The highest BCUT2D eigenvalue weighted by Crippen LogP contribution is 2.39. The average Bonchev–Trinajstić information content (AvgIpc) is 2.99. The Morgan fingerprint density at radius 3 is 2.07 bits per heavy atom. The zero-order chi connectivity index (χ0) is 32.2. The Balaban J connectivity index is 1.81. The molecule has 1 aromatic rings. The second kappa shape index (κ2) is 20.2. The molecule has 0 saturated carbocycles. The maximum atomic E-state index is 12.5. The number of anilines is 1. The van der Waals surface area contributed by atoms with E-state index in [2.05, 4.69) is 37.5 Å². The average molecular weight is 598 g/mol. The van der Waals surface area contributed by atoms with Crippen molar-refractivity contribution in [3.05, 3.63) is 58.7 Å². The largest absolute Gasteiger partial charge is 0.372 e. The minimum absolute atomic E-state index is 0.000194. The normalized spacial score (nSPS) is 15.4. The van der Waals surface area contributed by atoms with E-state index in [-0.39, 0.29) is 23.3 Å². The third-order valence-corrected chi connectivity index (χ3v) is 8.02. The first-order chi connectivity index (χ1) is 21.2. The summed E-state index contributed by atoms with van der Waals surface area (Å²) < 4.78 is 0. The summed E-state index contributed by atoms with van der Waals surface area (Å²) >= 11 is 0. The highest BCUT2D eigenvalue weighted by molar-refractivity contribution is 5.76. The maximum Gasteiger partial charge on any atom is 0.220 e. The number of nitrogens with one attached hydrogen (secondary N) is 2. The van der Waals surface area contributed by atoms with Crippen molar-refractivity contribution >= 4 is 17.7 Å². The van der Waals surface area contributed by atoms with E-state index in [9.17, 15) is 25.7 Å². The van der Waals surface area contributed by atoms with Crippen molar-refractivity contribution in [2.75, 3.05) is 5.32 Å². The van der Waals surface area contributed by atoms with Crippen LogP contribution in [-0.2, 0) is 4.79 Å². The van der Waals surface area contributed by atoms with Crippen molar-refractivity contribution in [1.82, 2.24) is 5.32 Å². The van der Waals surface area contributed by atoms with Crippen molar-refractivity contribution in [3.8, 4) is 18.2 Å². The highest BCUT2D eigenvalue weighted by atomic mass is 16.3. The number of nitriles is 3. The Labute approximate surface area is 265 Å². The molecule has 2 unspecified atom stereocenters. The first kappa shape index (κ1) is 36.3. The molecule has 0 fully saturated rings. The van der Waals surface area contributed by atoms with E-state index in [1.165, 1.54) is 51.4 Å². The van der Waals surface area contributed by atoms with Crippen LogP contribution in [0.2, 0.25) is 0 Å². The molecule has 2 rings (SSSR count). The molecule has 3 N–H and O–H groups in total. The van der Waals surface area contributed by atoms with Crippen molar-refractivity contribution in [1.29, 1.82) is 15.8 Å². The molecule has 0 radical (unpaired) electrons. The molecule has 1 aromatic carbocycles. The summed E-state index contributed by atoms with van der Waals surface area (Å²) in [5.74, 6) is -0.141. The lowest BCUT2D eigenvalue weighted by Gasteiger charge is -2.30. The molecular weight excluding hydrogens is 546 g/mol. The van der Waals surface area contributed by atoms with Crippen molar-refractivity contribution in [2.45, 2.75) is 129 Å². The highest BCUT2D eigenvalue weighted by Gasteiger charge is 2.26. The number of nitrogens with zero attached hydrogens (tertiary/aromatic N) is 3. The van der Waals surface area contributed by atoms with E-state index >= 15 is 0 Å². The minimum Gasteiger partial charge on any atom is -0.372 e. The molecule has 1 aliphatic carbocycles. The van der Waals surface area contributed by atoms with Crippen LogP contribution in [0.4, 0.5) is 5.69 Å². The number of benzene rings is 1. The van der Waals surface area contributed by atoms with E-state index in [1.54, 1.807) is 0 Å². The van der Waals surface area contributed by atoms with E-state index in [0.717, 1.165) is 42.4 Å². The number of rotatable bonds is 19. The fraction of sp³-hybridized carbons (Fsp3) is 0.568. The van der Waals surface area contributed by atoms with Gasteiger partial charge in [0.1, 0.15) is 23.9 Å². The Morgan fingerprint density at radius 1 is 0.909 bits per heavy atom. The van der Waals surface area contributed by atoms with Gasteiger partial charge in [0, 0.05) is 12.1 Å². The van der Waals surface area contributed by atoms with Gasteiger partial charge in [-0.3, -0.25) is 4.79 Å². The summed E-state index contributed by atoms with van der Waals surface area (Å²) in [6, 6.07) is 12.9. The predicted octanol–water partition coefficient (Wildman–Crippen LogP) is 8.62. The third-order valence-electron chi connectivity index (χ3n) is 8.02. The first-order valence-corrected chi connectivity index (χ1v) is 16.3. The van der Waals surface area contributed by atoms with E-state index in [0.29, 0.717) is 18.5 Å². The van der Waals surface area contributed by atoms with Crippen LogP contribution >= 0.6 is 0 Å². The Hall–Kier alpha value is -3.86. The van der Waals surface area contributed by atoms with Crippen LogP contribution in [-0.4, -0.2) is 23.3 Å². The number of hydrogen-bond donors (Lipinski definition) is 3. The SMILES string of the molecule is CCCCCCCCCCCCCC(=O)NC(CC#N)C(O)Nc1ccc(/C=C/C2=CC(=C(C#N)C#N)CC(C)(C)C2)cc1. The van der Waals surface area contributed by atoms with Gasteiger partial charge in [0.25, 0.3) is 0 Å². The molecule has 0 spiro atoms. The zero-order valence-electron chi connectivity index (χ0n) is 27.0. The van der Waals surface area contributed by atoms with Gasteiger partial charge in [0.05, 0.1) is 18.5 Å². The second-order valence-corrected chi connectivity index (χ2v) is 12.7. The van der Waals surface area contributed by atoms with Gasteiger partial charge in [-0.05, 0) is 53.5 Å². The van der Waals surface area contributed by atoms with Gasteiger partial charge in [0.15, 0.2) is 0 Å². The van der Waals surface area contributed by atoms with Crippen molar-refractivity contribution in [2.24, 2.45) is 5.41 Å². The summed E-state index contributed by atoms with van der Waals surface area (Å²) in [5.41, 5.74) is 3.58. The number of unbranched alkanes of at least 4 members (excludes halogenated alkanes) is 10. The van der Waals surface area contributed by atoms with Gasteiger partial charge in [0.2, 0.25) is 5.91 Å². The van der Waals surface area contributed by atoms with Gasteiger partial charge in [-0.1, -0.05) is 115 Å². The number of aliphatic hydroxyl groups is 1. The van der Waals surface area contributed by atoms with Gasteiger partial charge in [-0.2, -0.15) is 15.8 Å². The summed E-state index contributed by atoms with van der Waals surface area (Å²) in [4.78, 5) is 12.5. The number of carbonyl (C=O) groups excluding carboxylic acids is 1. The number of amides is 1. The topological polar surface area (TPSA) is 133 Å². The summed E-state index contributed by atoms with van der Waals surface area (Å²) in [7, 11) is 0. The fourth-order valence-corrected chi connectivity index (χ4v) is 5.63. The quantitative estimate of drug-likeness (QED) is 0.0830. The molecule has 0 saturated heterocycles. The van der Waals surface area contributed by atoms with Crippen LogP contribution in [0.3, 0.4) is 0 Å². The van der Waals surface area contributed by atoms with Crippen LogP contribution in [0.1, 0.15) is 123 Å². The van der Waals surface area contributed by atoms with Crippen LogP contribution < -0.4 is 10.6 Å². The molecule has 0 heterocycles. The van der Waals surface area contributed by atoms with Gasteiger partial charge >= 0.3 is 0 Å². The summed E-state index contributed by atoms with van der Waals surface area (Å²) in [6.45, 7) is 6.50. The molecule has 2 atom stereocenters. The zero-order valence-corrected chi connectivity index (χ0v) is 27.0. The molecule has 1 amide bonds. The van der Waals surface area contributed by atoms with E-state index in [1.807, 2.05) is 54.6 Å². The predicted molar refractivity (Wildman–Crippen MR) is 178 cm³/mol. The molecule has 7 heteroatoms. The third kappa shape index (κ3) is 14.1. The number of hydrogen-bond acceptors (Lipinski definition) is 6. The van der Waals surface area contributed by atoms with Gasteiger partial charge in [-0.25, -0.2) is 0 Å². The number of aliphatic hydroxyl groups excluding tert-OH is 1. The molecule has 44 heavy (non-hydrogen) atoms. The molecule has 1 aliphatic rings.